The number of aromatic amines is 1. The van der Waals surface area contributed by atoms with Crippen LogP contribution in [-0.4, -0.2) is 59.7 Å². The van der Waals surface area contributed by atoms with Crippen molar-refractivity contribution in [1.82, 2.24) is 59.7 Å². The number of nitriles is 1. The van der Waals surface area contributed by atoms with Gasteiger partial charge < -0.3 is 9.47 Å². The zero-order chi connectivity index (χ0) is 58.9. The van der Waals surface area contributed by atoms with Gasteiger partial charge in [0.05, 0.1) is 47.8 Å². The third-order valence-corrected chi connectivity index (χ3v) is 14.4. The number of nitrogens with zero attached hydrogens (tertiary/aromatic N) is 12. The Labute approximate surface area is 492 Å². The maximum atomic E-state index is 14.0. The van der Waals surface area contributed by atoms with Crippen LogP contribution in [0.3, 0.4) is 0 Å². The molecule has 85 heavy (non-hydrogen) atoms. The highest BCUT2D eigenvalue weighted by Gasteiger charge is 2.21. The predicted molar refractivity (Wildman–Crippen MR) is 326 cm³/mol. The van der Waals surface area contributed by atoms with Crippen LogP contribution in [0.2, 0.25) is 0 Å². The molecule has 0 fully saturated rings. The van der Waals surface area contributed by atoms with E-state index in [1.807, 2.05) is 159 Å². The first-order chi connectivity index (χ1) is 41.7. The molecule has 0 atom stereocenters. The number of hydrogen-bond acceptors (Lipinski definition) is 14. The number of unbranched alkanes of at least 4 members (excludes halogenated alkanes) is 2. The molecule has 11 aromatic rings. The van der Waals surface area contributed by atoms with Crippen molar-refractivity contribution in [2.24, 2.45) is 0 Å². The van der Waals surface area contributed by atoms with E-state index < -0.39 is 0 Å². The van der Waals surface area contributed by atoms with Crippen molar-refractivity contribution in [3.63, 3.8) is 0 Å². The maximum Gasteiger partial charge on any atom is 0.264 e. The van der Waals surface area contributed by atoms with E-state index in [-0.39, 0.29) is 23.0 Å². The van der Waals surface area contributed by atoms with E-state index in [0.29, 0.717) is 71.7 Å². The number of rotatable bonds is 21. The SMILES string of the molecule is CCCCc1nc(C)n(-c2ncc(OCc3ccccc3)cn2)c(=O)c1Cc1ccc(-c2ccccc2-c2nn[nH]n2)cc1.CCCCc1nc(C)n(-c2ncc(OCc3ccccc3)cn2)c(=O)c1Cc1ccc(-c2ccccc2C#N)cc1. The van der Waals surface area contributed by atoms with Gasteiger partial charge in [-0.3, -0.25) is 9.59 Å². The van der Waals surface area contributed by atoms with Gasteiger partial charge in [-0.05, 0) is 95.3 Å². The van der Waals surface area contributed by atoms with E-state index in [2.05, 4.69) is 72.6 Å². The summed E-state index contributed by atoms with van der Waals surface area (Å²) in [5.74, 6) is 3.21. The first kappa shape index (κ1) is 57.6. The normalized spacial score (nSPS) is 10.9. The number of nitrogens with one attached hydrogen (secondary N) is 1. The lowest BCUT2D eigenvalue weighted by Gasteiger charge is -2.15. The molecule has 424 valence electrons. The van der Waals surface area contributed by atoms with E-state index >= 15 is 0 Å². The molecule has 1 N–H and O–H groups in total. The standard InChI is InChI=1S/C34H32N8O2.C34H31N5O2/c1-3-4-14-31-30(19-24-15-17-26(18-16-24)28-12-8-9-13-29(28)32-38-40-41-39-32)33(43)42(23(2)37-31)34-35-20-27(21-36-34)44-22-25-10-6-5-7-11-25;1-3-4-14-32-31(19-25-15-17-27(18-16-25)30-13-9-8-12-28(30)20-35)33(40)39(24(2)38-32)34-36-21-29(22-37-34)41-23-26-10-6-5-7-11-26/h5-13,15-18,20-21H,3-4,14,19,22H2,1-2H3,(H,38,39,40,41);5-13,15-18,21-22H,3-4,14,19,23H2,1-2H3. The van der Waals surface area contributed by atoms with Gasteiger partial charge in [0.15, 0.2) is 11.5 Å². The van der Waals surface area contributed by atoms with Crippen molar-refractivity contribution in [1.29, 1.82) is 5.26 Å². The highest BCUT2D eigenvalue weighted by molar-refractivity contribution is 5.80. The Morgan fingerprint density at radius 2 is 0.929 bits per heavy atom. The van der Waals surface area contributed by atoms with E-state index in [9.17, 15) is 14.9 Å². The summed E-state index contributed by atoms with van der Waals surface area (Å²) in [6.07, 6.45) is 12.6. The van der Waals surface area contributed by atoms with Crippen LogP contribution in [0.1, 0.15) is 102 Å². The Hall–Kier alpha value is -10.6. The number of aryl methyl sites for hydroxylation is 4. The van der Waals surface area contributed by atoms with Crippen LogP contribution in [-0.2, 0) is 38.9 Å². The lowest BCUT2D eigenvalue weighted by molar-refractivity contribution is 0.303. The second kappa shape index (κ2) is 27.9. The van der Waals surface area contributed by atoms with Gasteiger partial charge in [0.2, 0.25) is 17.7 Å². The average Bonchev–Trinajstić information content (AvgIpc) is 4.27. The van der Waals surface area contributed by atoms with E-state index in [0.717, 1.165) is 100.0 Å². The number of H-pyrrole nitrogens is 1. The molecule has 0 saturated heterocycles. The summed E-state index contributed by atoms with van der Waals surface area (Å²) in [5.41, 5.74) is 12.1. The van der Waals surface area contributed by atoms with Gasteiger partial charge in [-0.1, -0.05) is 178 Å². The molecular weight excluding hydrogens is 1060 g/mol. The molecule has 5 aromatic heterocycles. The molecule has 0 aliphatic heterocycles. The van der Waals surface area contributed by atoms with Crippen LogP contribution < -0.4 is 20.6 Å². The molecule has 0 bridgehead atoms. The van der Waals surface area contributed by atoms with Crippen molar-refractivity contribution in [3.05, 3.63) is 265 Å². The molecule has 0 aliphatic carbocycles. The third kappa shape index (κ3) is 14.2. The van der Waals surface area contributed by atoms with Crippen molar-refractivity contribution in [2.45, 2.75) is 92.3 Å². The fourth-order valence-electron chi connectivity index (χ4n) is 9.90. The number of aromatic nitrogens is 12. The predicted octanol–water partition coefficient (Wildman–Crippen LogP) is 12.1. The minimum atomic E-state index is -0.166. The molecule has 17 heteroatoms. The van der Waals surface area contributed by atoms with Gasteiger partial charge in [-0.15, -0.1) is 10.2 Å². The van der Waals surface area contributed by atoms with Crippen molar-refractivity contribution in [3.8, 4) is 63.1 Å². The first-order valence-corrected chi connectivity index (χ1v) is 28.4. The molecule has 11 rings (SSSR count). The molecule has 0 unspecified atom stereocenters. The average molecular weight is 1130 g/mol. The molecule has 0 aliphatic rings. The minimum absolute atomic E-state index is 0.159. The Morgan fingerprint density at radius 1 is 0.506 bits per heavy atom. The lowest BCUT2D eigenvalue weighted by atomic mass is 9.96. The Balaban J connectivity index is 0.000000190. The molecule has 6 aromatic carbocycles. The van der Waals surface area contributed by atoms with Gasteiger partial charge >= 0.3 is 0 Å². The van der Waals surface area contributed by atoms with Crippen molar-refractivity contribution in [2.75, 3.05) is 0 Å². The van der Waals surface area contributed by atoms with E-state index in [1.165, 1.54) is 9.13 Å². The van der Waals surface area contributed by atoms with Crippen molar-refractivity contribution < 1.29 is 9.47 Å². The fourth-order valence-corrected chi connectivity index (χ4v) is 9.90. The zero-order valence-corrected chi connectivity index (χ0v) is 47.9. The first-order valence-electron chi connectivity index (χ1n) is 28.4. The van der Waals surface area contributed by atoms with Crippen LogP contribution in [0, 0.1) is 25.2 Å². The Bertz CT molecular complexity index is 4150. The van der Waals surface area contributed by atoms with Gasteiger partial charge in [0.25, 0.3) is 11.1 Å². The minimum Gasteiger partial charge on any atom is -0.486 e. The van der Waals surface area contributed by atoms with Crippen LogP contribution in [0.15, 0.2) is 192 Å². The number of hydrogen-bond donors (Lipinski definition) is 1. The second-order valence-corrected chi connectivity index (χ2v) is 20.3. The number of benzene rings is 6. The topological polar surface area (TPSA) is 218 Å². The molecule has 0 radical (unpaired) electrons. The summed E-state index contributed by atoms with van der Waals surface area (Å²) in [6, 6.07) is 53.7. The summed E-state index contributed by atoms with van der Waals surface area (Å²) in [5, 5.41) is 24.0. The molecular formula is C68H63N13O4. The van der Waals surface area contributed by atoms with Crippen LogP contribution in [0.25, 0.3) is 45.5 Å². The fraction of sp³-hybridized carbons (Fsp3) is 0.206. The third-order valence-electron chi connectivity index (χ3n) is 14.4. The molecule has 17 nitrogen and oxygen atoms in total. The molecule has 0 amide bonds. The Morgan fingerprint density at radius 3 is 1.36 bits per heavy atom. The number of ether oxygens (including phenoxy) is 2. The van der Waals surface area contributed by atoms with E-state index in [1.54, 1.807) is 24.8 Å². The van der Waals surface area contributed by atoms with Crippen molar-refractivity contribution >= 4 is 0 Å². The van der Waals surface area contributed by atoms with Crippen LogP contribution in [0.5, 0.6) is 11.5 Å². The smallest absolute Gasteiger partial charge is 0.264 e. The lowest BCUT2D eigenvalue weighted by Crippen LogP contribution is -2.29. The maximum absolute atomic E-state index is 14.0. The van der Waals surface area contributed by atoms with Gasteiger partial charge in [-0.25, -0.2) is 39.0 Å². The van der Waals surface area contributed by atoms with E-state index in [4.69, 9.17) is 19.4 Å². The van der Waals surface area contributed by atoms with Crippen LogP contribution >= 0.6 is 0 Å². The molecule has 0 saturated carbocycles. The van der Waals surface area contributed by atoms with Crippen LogP contribution in [0.4, 0.5) is 0 Å². The highest BCUT2D eigenvalue weighted by atomic mass is 16.5. The summed E-state index contributed by atoms with van der Waals surface area (Å²) < 4.78 is 14.6. The summed E-state index contributed by atoms with van der Waals surface area (Å²) in [6.45, 7) is 8.70. The number of tetrazole rings is 1. The molecule has 0 spiro atoms. The highest BCUT2D eigenvalue weighted by Crippen LogP contribution is 2.31. The summed E-state index contributed by atoms with van der Waals surface area (Å²) >= 11 is 0. The second-order valence-electron chi connectivity index (χ2n) is 20.3. The monoisotopic (exact) mass is 1130 g/mol. The quantitative estimate of drug-likeness (QED) is 0.0708. The molecule has 5 heterocycles. The zero-order valence-electron chi connectivity index (χ0n) is 47.9. The largest absolute Gasteiger partial charge is 0.486 e. The van der Waals surface area contributed by atoms with Gasteiger partial charge in [0.1, 0.15) is 24.9 Å². The summed E-state index contributed by atoms with van der Waals surface area (Å²) in [4.78, 5) is 55.5. The Kier molecular flexibility index (Phi) is 18.9. The van der Waals surface area contributed by atoms with Gasteiger partial charge in [-0.2, -0.15) is 10.5 Å². The summed E-state index contributed by atoms with van der Waals surface area (Å²) in [7, 11) is 0. The van der Waals surface area contributed by atoms with Gasteiger partial charge in [0, 0.05) is 29.5 Å².